The standard InChI is InChI=1S/C26H20BrClN4O2S/c1-2-34-25(33)24-30-32(22-14-12-20(28)13-15-22)26(35-24)17-16-23(18-8-10-19(27)11-9-18)29-31(26)21-6-4-3-5-7-21/h3-17H,2H2,1H3/t26-/m0/s1. The second-order valence-corrected chi connectivity index (χ2v) is 10.2. The maximum Gasteiger partial charge on any atom is 0.365 e. The molecule has 0 aliphatic carbocycles. The van der Waals surface area contributed by atoms with Gasteiger partial charge in [0, 0.05) is 15.1 Å². The van der Waals surface area contributed by atoms with Gasteiger partial charge in [-0.3, -0.25) is 0 Å². The van der Waals surface area contributed by atoms with Gasteiger partial charge in [0.25, 0.3) is 0 Å². The number of carbonyl (C=O) groups is 1. The molecule has 1 atom stereocenters. The van der Waals surface area contributed by atoms with E-state index in [0.717, 1.165) is 27.1 Å². The molecule has 1 spiro atoms. The highest BCUT2D eigenvalue weighted by Gasteiger charge is 2.51. The van der Waals surface area contributed by atoms with Gasteiger partial charge in [-0.25, -0.2) is 14.8 Å². The highest BCUT2D eigenvalue weighted by atomic mass is 79.9. The molecule has 0 fully saturated rings. The Balaban J connectivity index is 1.65. The number of para-hydroxylation sites is 1. The molecule has 0 N–H and O–H groups in total. The van der Waals surface area contributed by atoms with E-state index < -0.39 is 11.0 Å². The first-order valence-electron chi connectivity index (χ1n) is 10.9. The number of hydrogen-bond donors (Lipinski definition) is 0. The number of allylic oxidation sites excluding steroid dienone is 1. The van der Waals surface area contributed by atoms with Gasteiger partial charge in [-0.1, -0.05) is 57.9 Å². The van der Waals surface area contributed by atoms with Crippen molar-refractivity contribution in [3.63, 3.8) is 0 Å². The largest absolute Gasteiger partial charge is 0.461 e. The van der Waals surface area contributed by atoms with Crippen LogP contribution in [0.15, 0.2) is 106 Å². The Morgan fingerprint density at radius 1 is 0.971 bits per heavy atom. The number of nitrogens with zero attached hydrogens (tertiary/aromatic N) is 4. The predicted molar refractivity (Wildman–Crippen MR) is 147 cm³/mol. The average Bonchev–Trinajstić information content (AvgIpc) is 3.26. The van der Waals surface area contributed by atoms with Gasteiger partial charge in [-0.15, -0.1) is 0 Å². The van der Waals surface area contributed by atoms with Gasteiger partial charge in [0.15, 0.2) is 0 Å². The number of anilines is 2. The fraction of sp³-hybridized carbons (Fsp3) is 0.115. The molecular weight excluding hydrogens is 548 g/mol. The second kappa shape index (κ2) is 9.89. The Bertz CT molecular complexity index is 1330. The van der Waals surface area contributed by atoms with E-state index in [9.17, 15) is 4.79 Å². The number of benzene rings is 3. The lowest BCUT2D eigenvalue weighted by atomic mass is 10.1. The van der Waals surface area contributed by atoms with Crippen molar-refractivity contribution >= 4 is 67.4 Å². The molecule has 3 aromatic carbocycles. The Hall–Kier alpha value is -3.07. The van der Waals surface area contributed by atoms with E-state index in [1.807, 2.05) is 83.9 Å². The number of carbonyl (C=O) groups excluding carboxylic acids is 1. The van der Waals surface area contributed by atoms with Gasteiger partial charge < -0.3 is 4.74 Å². The smallest absolute Gasteiger partial charge is 0.365 e. The lowest BCUT2D eigenvalue weighted by molar-refractivity contribution is -0.134. The summed E-state index contributed by atoms with van der Waals surface area (Å²) >= 11 is 10.9. The number of esters is 1. The monoisotopic (exact) mass is 566 g/mol. The molecule has 0 bridgehead atoms. The Morgan fingerprint density at radius 2 is 1.63 bits per heavy atom. The normalized spacial score (nSPS) is 19.1. The number of rotatable bonds is 5. The van der Waals surface area contributed by atoms with E-state index in [2.05, 4.69) is 15.9 Å². The Kier molecular flexibility index (Phi) is 6.69. The van der Waals surface area contributed by atoms with E-state index in [1.54, 1.807) is 24.1 Å². The number of hydrazone groups is 2. The van der Waals surface area contributed by atoms with E-state index in [-0.39, 0.29) is 11.7 Å². The predicted octanol–water partition coefficient (Wildman–Crippen LogP) is 6.67. The minimum absolute atomic E-state index is 0.245. The van der Waals surface area contributed by atoms with Gasteiger partial charge >= 0.3 is 5.97 Å². The van der Waals surface area contributed by atoms with Gasteiger partial charge in [0.1, 0.15) is 0 Å². The number of ether oxygens (including phenoxy) is 1. The minimum atomic E-state index is -0.976. The minimum Gasteiger partial charge on any atom is -0.461 e. The van der Waals surface area contributed by atoms with Crippen LogP contribution in [-0.4, -0.2) is 28.3 Å². The molecule has 9 heteroatoms. The third-order valence-electron chi connectivity index (χ3n) is 5.37. The van der Waals surface area contributed by atoms with Gasteiger partial charge in [0.05, 0.1) is 23.7 Å². The summed E-state index contributed by atoms with van der Waals surface area (Å²) < 4.78 is 6.28. The van der Waals surface area contributed by atoms with Crippen molar-refractivity contribution in [2.45, 2.75) is 11.9 Å². The summed E-state index contributed by atoms with van der Waals surface area (Å²) in [6.07, 6.45) is 3.97. The molecule has 3 aromatic rings. The lowest BCUT2D eigenvalue weighted by Gasteiger charge is -2.43. The van der Waals surface area contributed by atoms with Crippen molar-refractivity contribution < 1.29 is 9.53 Å². The van der Waals surface area contributed by atoms with Crippen molar-refractivity contribution in [1.29, 1.82) is 0 Å². The van der Waals surface area contributed by atoms with Crippen LogP contribution >= 0.6 is 39.3 Å². The summed E-state index contributed by atoms with van der Waals surface area (Å²) in [6.45, 7) is 2.03. The molecule has 2 heterocycles. The molecule has 0 unspecified atom stereocenters. The Labute approximate surface area is 221 Å². The quantitative estimate of drug-likeness (QED) is 0.323. The summed E-state index contributed by atoms with van der Waals surface area (Å²) in [6, 6.07) is 25.1. The SMILES string of the molecule is CCOC(=O)C1=NN(c2ccc(Cl)cc2)[C@@]2(C=CC(c3ccc(Br)cc3)=NN2c2ccccc2)S1. The van der Waals surface area contributed by atoms with Crippen LogP contribution in [0.1, 0.15) is 12.5 Å². The van der Waals surface area contributed by atoms with Crippen molar-refractivity contribution in [2.24, 2.45) is 10.2 Å². The van der Waals surface area contributed by atoms with Crippen molar-refractivity contribution in [1.82, 2.24) is 0 Å². The zero-order valence-corrected chi connectivity index (χ0v) is 21.8. The van der Waals surface area contributed by atoms with Crippen LogP contribution in [0.3, 0.4) is 0 Å². The molecule has 5 rings (SSSR count). The molecule has 35 heavy (non-hydrogen) atoms. The third kappa shape index (κ3) is 4.61. The van der Waals surface area contributed by atoms with E-state index in [4.69, 9.17) is 26.5 Å². The van der Waals surface area contributed by atoms with Crippen LogP contribution in [0.2, 0.25) is 5.02 Å². The fourth-order valence-electron chi connectivity index (χ4n) is 3.76. The first kappa shape index (κ1) is 23.7. The topological polar surface area (TPSA) is 57.5 Å². The molecule has 6 nitrogen and oxygen atoms in total. The van der Waals surface area contributed by atoms with Crippen molar-refractivity contribution in [3.8, 4) is 0 Å². The van der Waals surface area contributed by atoms with Crippen LogP contribution in [0, 0.1) is 0 Å². The van der Waals surface area contributed by atoms with Crippen LogP contribution in [0.4, 0.5) is 11.4 Å². The first-order chi connectivity index (χ1) is 17.0. The highest BCUT2D eigenvalue weighted by Crippen LogP contribution is 2.48. The molecule has 0 radical (unpaired) electrons. The van der Waals surface area contributed by atoms with Gasteiger partial charge in [-0.2, -0.15) is 10.2 Å². The average molecular weight is 568 g/mol. The molecule has 2 aliphatic heterocycles. The van der Waals surface area contributed by atoms with E-state index in [1.165, 1.54) is 11.8 Å². The zero-order chi connectivity index (χ0) is 24.4. The molecule has 2 aliphatic rings. The van der Waals surface area contributed by atoms with Gasteiger partial charge in [-0.05, 0) is 79.4 Å². The van der Waals surface area contributed by atoms with Crippen molar-refractivity contribution in [3.05, 3.63) is 106 Å². The summed E-state index contributed by atoms with van der Waals surface area (Å²) in [5.41, 5.74) is 3.35. The van der Waals surface area contributed by atoms with Crippen molar-refractivity contribution in [2.75, 3.05) is 16.6 Å². The lowest BCUT2D eigenvalue weighted by Crippen LogP contribution is -2.53. The van der Waals surface area contributed by atoms with E-state index in [0.29, 0.717) is 5.02 Å². The van der Waals surface area contributed by atoms with Crippen LogP contribution < -0.4 is 10.0 Å². The van der Waals surface area contributed by atoms with Crippen LogP contribution in [0.5, 0.6) is 0 Å². The maximum atomic E-state index is 12.8. The summed E-state index contributed by atoms with van der Waals surface area (Å²) in [7, 11) is 0. The molecule has 176 valence electrons. The highest BCUT2D eigenvalue weighted by molar-refractivity contribution is 9.10. The molecule has 0 saturated heterocycles. The number of hydrogen-bond acceptors (Lipinski definition) is 7. The molecular formula is C26H20BrClN4O2S. The van der Waals surface area contributed by atoms with Crippen LogP contribution in [-0.2, 0) is 9.53 Å². The van der Waals surface area contributed by atoms with Gasteiger partial charge in [0.2, 0.25) is 10.0 Å². The fourth-order valence-corrected chi connectivity index (χ4v) is 5.30. The van der Waals surface area contributed by atoms with E-state index >= 15 is 0 Å². The molecule has 0 aromatic heterocycles. The first-order valence-corrected chi connectivity index (χ1v) is 12.9. The zero-order valence-electron chi connectivity index (χ0n) is 18.6. The molecule has 0 amide bonds. The summed E-state index contributed by atoms with van der Waals surface area (Å²) in [5.74, 6) is -0.475. The maximum absolute atomic E-state index is 12.8. The summed E-state index contributed by atoms with van der Waals surface area (Å²) in [4.78, 5) is 11.8. The number of halogens is 2. The number of thioether (sulfide) groups is 1. The summed E-state index contributed by atoms with van der Waals surface area (Å²) in [5, 5.41) is 14.3. The third-order valence-corrected chi connectivity index (χ3v) is 7.38. The van der Waals surface area contributed by atoms with Crippen LogP contribution in [0.25, 0.3) is 0 Å². The molecule has 0 saturated carbocycles. The second-order valence-electron chi connectivity index (χ2n) is 7.65. The Morgan fingerprint density at radius 3 is 2.31 bits per heavy atom.